The minimum absolute atomic E-state index is 0.386. The van der Waals surface area contributed by atoms with Crippen molar-refractivity contribution in [1.82, 2.24) is 4.72 Å². The normalized spacial score (nSPS) is 24.3. The highest BCUT2D eigenvalue weighted by Crippen LogP contribution is 2.29. The molecule has 0 radical (unpaired) electrons. The van der Waals surface area contributed by atoms with Gasteiger partial charge in [-0.15, -0.1) is 0 Å². The van der Waals surface area contributed by atoms with E-state index in [2.05, 4.69) is 20.7 Å². The molecule has 106 valence electrons. The van der Waals surface area contributed by atoms with Crippen molar-refractivity contribution in [2.45, 2.75) is 42.3 Å². The van der Waals surface area contributed by atoms with Gasteiger partial charge >= 0.3 is 0 Å². The van der Waals surface area contributed by atoms with Crippen molar-refractivity contribution in [3.05, 3.63) is 29.8 Å². The first-order chi connectivity index (χ1) is 9.00. The third kappa shape index (κ3) is 3.80. The molecule has 1 saturated carbocycles. The summed E-state index contributed by atoms with van der Waals surface area (Å²) in [6.45, 7) is 2.34. The van der Waals surface area contributed by atoms with E-state index < -0.39 is 10.0 Å². The number of aryl methyl sites for hydroxylation is 1. The summed E-state index contributed by atoms with van der Waals surface area (Å²) >= 11 is 3.66. The van der Waals surface area contributed by atoms with E-state index in [1.165, 1.54) is 12.8 Å². The number of halogens is 1. The molecule has 1 N–H and O–H groups in total. The standard InChI is InChI=1S/C14H20BrNO2S/c1-11-6-2-5-9-14(11)19(17,18)16-10-12-7-3-4-8-13(12)15/h2,5-6,9,12-13,16H,3-4,7-8,10H2,1H3. The molecule has 2 rings (SSSR count). The first kappa shape index (κ1) is 15.0. The molecule has 1 fully saturated rings. The van der Waals surface area contributed by atoms with E-state index in [9.17, 15) is 8.42 Å². The Balaban J connectivity index is 2.04. The lowest BCUT2D eigenvalue weighted by molar-refractivity contribution is 0.373. The summed E-state index contributed by atoms with van der Waals surface area (Å²) in [7, 11) is -3.38. The predicted molar refractivity (Wildman–Crippen MR) is 81.0 cm³/mol. The fraction of sp³-hybridized carbons (Fsp3) is 0.571. The highest BCUT2D eigenvalue weighted by molar-refractivity contribution is 9.09. The summed E-state index contributed by atoms with van der Waals surface area (Å²) in [4.78, 5) is 0.817. The van der Waals surface area contributed by atoms with Crippen molar-refractivity contribution < 1.29 is 8.42 Å². The summed E-state index contributed by atoms with van der Waals surface area (Å²) in [6, 6.07) is 7.09. The van der Waals surface area contributed by atoms with E-state index in [0.717, 1.165) is 18.4 Å². The van der Waals surface area contributed by atoms with Crippen LogP contribution in [0.15, 0.2) is 29.2 Å². The Labute approximate surface area is 124 Å². The molecule has 0 aliphatic heterocycles. The molecular formula is C14H20BrNO2S. The van der Waals surface area contributed by atoms with E-state index in [4.69, 9.17) is 0 Å². The average Bonchev–Trinajstić information content (AvgIpc) is 2.38. The molecule has 1 aliphatic rings. The minimum Gasteiger partial charge on any atom is -0.211 e. The van der Waals surface area contributed by atoms with Gasteiger partial charge in [-0.3, -0.25) is 0 Å². The van der Waals surface area contributed by atoms with Crippen molar-refractivity contribution in [2.75, 3.05) is 6.54 Å². The number of hydrogen-bond donors (Lipinski definition) is 1. The predicted octanol–water partition coefficient (Wildman–Crippen LogP) is 3.23. The Hall–Kier alpha value is -0.390. The van der Waals surface area contributed by atoms with Gasteiger partial charge in [-0.05, 0) is 37.3 Å². The first-order valence-corrected chi connectivity index (χ1v) is 9.10. The van der Waals surface area contributed by atoms with Gasteiger partial charge in [0.25, 0.3) is 0 Å². The molecule has 0 bridgehead atoms. The maximum absolute atomic E-state index is 12.3. The van der Waals surface area contributed by atoms with Gasteiger partial charge in [-0.1, -0.05) is 47.0 Å². The van der Waals surface area contributed by atoms with Crippen LogP contribution in [0.25, 0.3) is 0 Å². The Morgan fingerprint density at radius 2 is 1.95 bits per heavy atom. The van der Waals surface area contributed by atoms with Gasteiger partial charge in [-0.2, -0.15) is 0 Å². The first-order valence-electron chi connectivity index (χ1n) is 6.70. The van der Waals surface area contributed by atoms with Crippen LogP contribution >= 0.6 is 15.9 Å². The third-order valence-corrected chi connectivity index (χ3v) is 6.52. The minimum atomic E-state index is -3.38. The highest BCUT2D eigenvalue weighted by Gasteiger charge is 2.25. The Morgan fingerprint density at radius 3 is 2.63 bits per heavy atom. The molecule has 0 saturated heterocycles. The third-order valence-electron chi connectivity index (χ3n) is 3.73. The molecule has 19 heavy (non-hydrogen) atoms. The smallest absolute Gasteiger partial charge is 0.211 e. The van der Waals surface area contributed by atoms with Gasteiger partial charge in [0.2, 0.25) is 10.0 Å². The van der Waals surface area contributed by atoms with Crippen LogP contribution in [-0.2, 0) is 10.0 Å². The topological polar surface area (TPSA) is 46.2 Å². The van der Waals surface area contributed by atoms with Crippen LogP contribution in [0.1, 0.15) is 31.2 Å². The quantitative estimate of drug-likeness (QED) is 0.851. The second kappa shape index (κ2) is 6.37. The highest BCUT2D eigenvalue weighted by atomic mass is 79.9. The van der Waals surface area contributed by atoms with Gasteiger partial charge < -0.3 is 0 Å². The summed E-state index contributed by atoms with van der Waals surface area (Å²) < 4.78 is 27.3. The van der Waals surface area contributed by atoms with Crippen LogP contribution in [0.3, 0.4) is 0 Å². The van der Waals surface area contributed by atoms with Gasteiger partial charge in [-0.25, -0.2) is 13.1 Å². The van der Waals surface area contributed by atoms with Crippen LogP contribution in [0.5, 0.6) is 0 Å². The molecule has 0 aromatic heterocycles. The average molecular weight is 346 g/mol. The van der Waals surface area contributed by atoms with E-state index in [0.29, 0.717) is 22.2 Å². The molecule has 0 spiro atoms. The van der Waals surface area contributed by atoms with Gasteiger partial charge in [0.05, 0.1) is 4.90 Å². The zero-order valence-electron chi connectivity index (χ0n) is 11.1. The molecule has 1 aliphatic carbocycles. The maximum atomic E-state index is 12.3. The number of nitrogens with one attached hydrogen (secondary N) is 1. The summed E-state index contributed by atoms with van der Waals surface area (Å²) in [6.07, 6.45) is 4.65. The number of rotatable bonds is 4. The number of sulfonamides is 1. The molecule has 2 atom stereocenters. The van der Waals surface area contributed by atoms with E-state index >= 15 is 0 Å². The van der Waals surface area contributed by atoms with E-state index in [-0.39, 0.29) is 0 Å². The number of alkyl halides is 1. The van der Waals surface area contributed by atoms with Crippen LogP contribution in [0, 0.1) is 12.8 Å². The number of benzene rings is 1. The summed E-state index contributed by atoms with van der Waals surface area (Å²) in [5.41, 5.74) is 0.786. The van der Waals surface area contributed by atoms with Gasteiger partial charge in [0.15, 0.2) is 0 Å². The second-order valence-corrected chi connectivity index (χ2v) is 8.09. The molecular weight excluding hydrogens is 326 g/mol. The van der Waals surface area contributed by atoms with Crippen LogP contribution in [0.4, 0.5) is 0 Å². The molecule has 5 heteroatoms. The Kier molecular flexibility index (Phi) is 5.03. The van der Waals surface area contributed by atoms with Crippen molar-refractivity contribution >= 4 is 26.0 Å². The van der Waals surface area contributed by atoms with Gasteiger partial charge in [0.1, 0.15) is 0 Å². The van der Waals surface area contributed by atoms with Crippen molar-refractivity contribution in [3.63, 3.8) is 0 Å². The molecule has 1 aromatic rings. The van der Waals surface area contributed by atoms with Crippen LogP contribution in [-0.4, -0.2) is 19.8 Å². The lowest BCUT2D eigenvalue weighted by atomic mass is 9.89. The summed E-state index contributed by atoms with van der Waals surface area (Å²) in [5, 5.41) is 0. The second-order valence-electron chi connectivity index (χ2n) is 5.18. The van der Waals surface area contributed by atoms with Crippen molar-refractivity contribution in [1.29, 1.82) is 0 Å². The fourth-order valence-corrected chi connectivity index (χ4v) is 4.66. The Morgan fingerprint density at radius 1 is 1.26 bits per heavy atom. The monoisotopic (exact) mass is 345 g/mol. The summed E-state index contributed by atoms with van der Waals surface area (Å²) in [5.74, 6) is 0.396. The molecule has 2 unspecified atom stereocenters. The SMILES string of the molecule is Cc1ccccc1S(=O)(=O)NCC1CCCCC1Br. The van der Waals surface area contributed by atoms with Crippen LogP contribution in [0.2, 0.25) is 0 Å². The van der Waals surface area contributed by atoms with E-state index in [1.54, 1.807) is 12.1 Å². The largest absolute Gasteiger partial charge is 0.240 e. The fourth-order valence-electron chi connectivity index (χ4n) is 2.54. The maximum Gasteiger partial charge on any atom is 0.240 e. The van der Waals surface area contributed by atoms with Crippen LogP contribution < -0.4 is 4.72 Å². The lowest BCUT2D eigenvalue weighted by Crippen LogP contribution is -2.34. The zero-order chi connectivity index (χ0) is 13.9. The number of hydrogen-bond acceptors (Lipinski definition) is 2. The van der Waals surface area contributed by atoms with Crippen molar-refractivity contribution in [2.24, 2.45) is 5.92 Å². The molecule has 0 amide bonds. The molecule has 0 heterocycles. The van der Waals surface area contributed by atoms with Gasteiger partial charge in [0, 0.05) is 11.4 Å². The zero-order valence-corrected chi connectivity index (χ0v) is 13.5. The van der Waals surface area contributed by atoms with Crippen molar-refractivity contribution in [3.8, 4) is 0 Å². The van der Waals surface area contributed by atoms with E-state index in [1.807, 2.05) is 19.1 Å². The molecule has 1 aromatic carbocycles. The molecule has 3 nitrogen and oxygen atoms in total. The lowest BCUT2D eigenvalue weighted by Gasteiger charge is -2.27. The Bertz CT molecular complexity index is 530.